The fourth-order valence-electron chi connectivity index (χ4n) is 1.82. The number of aryl methyl sites for hydroxylation is 1. The van der Waals surface area contributed by atoms with Gasteiger partial charge in [0.2, 0.25) is 0 Å². The average Bonchev–Trinajstić information content (AvgIpc) is 2.62. The van der Waals surface area contributed by atoms with Gasteiger partial charge in [-0.1, -0.05) is 6.92 Å². The number of hydrogen-bond donors (Lipinski definition) is 1. The van der Waals surface area contributed by atoms with Crippen molar-refractivity contribution < 1.29 is 13.2 Å². The van der Waals surface area contributed by atoms with E-state index in [9.17, 15) is 13.2 Å². The molecule has 18 heavy (non-hydrogen) atoms. The highest BCUT2D eigenvalue weighted by molar-refractivity contribution is 5.09. The highest BCUT2D eigenvalue weighted by Gasteiger charge is 2.31. The molecule has 0 aliphatic heterocycles. The number of nitrogens with two attached hydrogens (primary N) is 1. The zero-order chi connectivity index (χ0) is 13.8. The first-order valence-corrected chi connectivity index (χ1v) is 5.85. The van der Waals surface area contributed by atoms with E-state index in [0.717, 1.165) is 5.56 Å². The van der Waals surface area contributed by atoms with E-state index in [1.54, 1.807) is 24.1 Å². The van der Waals surface area contributed by atoms with Crippen molar-refractivity contribution in [2.45, 2.75) is 25.6 Å². The van der Waals surface area contributed by atoms with Crippen LogP contribution in [0, 0.1) is 0 Å². The molecule has 104 valence electrons. The van der Waals surface area contributed by atoms with E-state index >= 15 is 0 Å². The third kappa shape index (κ3) is 5.05. The van der Waals surface area contributed by atoms with Crippen molar-refractivity contribution in [3.63, 3.8) is 0 Å². The first kappa shape index (κ1) is 15.0. The molecular formula is C11H19F3N4. The van der Waals surface area contributed by atoms with Crippen molar-refractivity contribution in [1.82, 2.24) is 14.7 Å². The van der Waals surface area contributed by atoms with E-state index in [2.05, 4.69) is 5.10 Å². The predicted molar refractivity (Wildman–Crippen MR) is 62.9 cm³/mol. The maximum atomic E-state index is 12.4. The van der Waals surface area contributed by atoms with Gasteiger partial charge in [-0.3, -0.25) is 9.58 Å². The molecule has 0 amide bonds. The molecule has 0 spiro atoms. The quantitative estimate of drug-likeness (QED) is 0.850. The Kier molecular flexibility index (Phi) is 5.15. The van der Waals surface area contributed by atoms with Crippen LogP contribution in [0.4, 0.5) is 13.2 Å². The molecule has 0 bridgehead atoms. The van der Waals surface area contributed by atoms with Gasteiger partial charge < -0.3 is 5.73 Å². The fourth-order valence-corrected chi connectivity index (χ4v) is 1.82. The molecule has 0 radical (unpaired) electrons. The lowest BCUT2D eigenvalue weighted by atomic mass is 10.1. The van der Waals surface area contributed by atoms with Gasteiger partial charge in [-0.2, -0.15) is 18.3 Å². The topological polar surface area (TPSA) is 47.1 Å². The Morgan fingerprint density at radius 2 is 2.17 bits per heavy atom. The molecule has 0 saturated carbocycles. The normalized spacial score (nSPS) is 14.2. The molecule has 1 aromatic heterocycles. The van der Waals surface area contributed by atoms with Crippen LogP contribution in [0.3, 0.4) is 0 Å². The summed E-state index contributed by atoms with van der Waals surface area (Å²) in [5.74, 6) is 0. The minimum atomic E-state index is -4.19. The van der Waals surface area contributed by atoms with Crippen molar-refractivity contribution in [2.75, 3.05) is 19.6 Å². The van der Waals surface area contributed by atoms with Crippen molar-refractivity contribution in [1.29, 1.82) is 0 Å². The van der Waals surface area contributed by atoms with Crippen LogP contribution in [0.15, 0.2) is 12.4 Å². The van der Waals surface area contributed by atoms with E-state index in [1.807, 2.05) is 6.92 Å². The van der Waals surface area contributed by atoms with E-state index in [4.69, 9.17) is 5.73 Å². The molecule has 0 aliphatic rings. The minimum absolute atomic E-state index is 0.180. The Balaban J connectivity index is 2.60. The molecule has 4 nitrogen and oxygen atoms in total. The molecule has 1 unspecified atom stereocenters. The number of rotatable bonds is 6. The minimum Gasteiger partial charge on any atom is -0.323 e. The first-order chi connectivity index (χ1) is 8.31. The average molecular weight is 264 g/mol. The van der Waals surface area contributed by atoms with Gasteiger partial charge >= 0.3 is 6.18 Å². The number of nitrogens with zero attached hydrogens (tertiary/aromatic N) is 3. The van der Waals surface area contributed by atoms with Crippen LogP contribution in [0.5, 0.6) is 0 Å². The van der Waals surface area contributed by atoms with E-state index in [-0.39, 0.29) is 6.54 Å². The largest absolute Gasteiger partial charge is 0.401 e. The summed E-state index contributed by atoms with van der Waals surface area (Å²) < 4.78 is 38.7. The zero-order valence-electron chi connectivity index (χ0n) is 10.6. The van der Waals surface area contributed by atoms with Gasteiger partial charge in [-0.15, -0.1) is 0 Å². The monoisotopic (exact) mass is 264 g/mol. The Morgan fingerprint density at radius 1 is 1.50 bits per heavy atom. The summed E-state index contributed by atoms with van der Waals surface area (Å²) in [5.41, 5.74) is 6.65. The van der Waals surface area contributed by atoms with E-state index in [1.165, 1.54) is 4.90 Å². The first-order valence-electron chi connectivity index (χ1n) is 5.85. The lowest BCUT2D eigenvalue weighted by Crippen LogP contribution is -2.39. The van der Waals surface area contributed by atoms with Crippen LogP contribution in [-0.4, -0.2) is 40.5 Å². The summed E-state index contributed by atoms with van der Waals surface area (Å²) in [7, 11) is 1.75. The smallest absolute Gasteiger partial charge is 0.323 e. The van der Waals surface area contributed by atoms with Gasteiger partial charge in [0.25, 0.3) is 0 Å². The summed E-state index contributed by atoms with van der Waals surface area (Å²) in [5, 5.41) is 3.96. The molecule has 7 heteroatoms. The number of aromatic nitrogens is 2. The zero-order valence-corrected chi connectivity index (χ0v) is 10.6. The third-order valence-electron chi connectivity index (χ3n) is 2.55. The van der Waals surface area contributed by atoms with E-state index in [0.29, 0.717) is 13.0 Å². The molecule has 1 rings (SSSR count). The molecule has 0 aliphatic carbocycles. The maximum absolute atomic E-state index is 12.4. The summed E-state index contributed by atoms with van der Waals surface area (Å²) in [6.07, 6.45) is -0.218. The number of hydrogen-bond acceptors (Lipinski definition) is 3. The van der Waals surface area contributed by atoms with Crippen LogP contribution < -0.4 is 5.73 Å². The Morgan fingerprint density at radius 3 is 2.61 bits per heavy atom. The van der Waals surface area contributed by atoms with Gasteiger partial charge in [-0.25, -0.2) is 0 Å². The van der Waals surface area contributed by atoms with Crippen LogP contribution in [0.1, 0.15) is 24.9 Å². The van der Waals surface area contributed by atoms with Gasteiger partial charge in [0, 0.05) is 31.4 Å². The summed E-state index contributed by atoms with van der Waals surface area (Å²) >= 11 is 0. The summed E-state index contributed by atoms with van der Waals surface area (Å²) in [6, 6.07) is -0.451. The Bertz CT molecular complexity index is 361. The van der Waals surface area contributed by atoms with Crippen LogP contribution in [0.2, 0.25) is 0 Å². The third-order valence-corrected chi connectivity index (χ3v) is 2.55. The molecule has 2 N–H and O–H groups in total. The molecule has 1 atom stereocenters. The molecule has 0 fully saturated rings. The lowest BCUT2D eigenvalue weighted by molar-refractivity contribution is -0.146. The second-order valence-corrected chi connectivity index (χ2v) is 4.40. The van der Waals surface area contributed by atoms with Crippen LogP contribution in [-0.2, 0) is 7.05 Å². The van der Waals surface area contributed by atoms with Crippen molar-refractivity contribution in [3.05, 3.63) is 18.0 Å². The SMILES string of the molecule is CCCN(CC(N)c1cnn(C)c1)CC(F)(F)F. The Labute approximate surface area is 105 Å². The van der Waals surface area contributed by atoms with Gasteiger partial charge in [-0.05, 0) is 13.0 Å². The highest BCUT2D eigenvalue weighted by atomic mass is 19.4. The van der Waals surface area contributed by atoms with Gasteiger partial charge in [0.1, 0.15) is 0 Å². The molecular weight excluding hydrogens is 245 g/mol. The van der Waals surface area contributed by atoms with Crippen molar-refractivity contribution in [2.24, 2.45) is 12.8 Å². The molecule has 0 saturated heterocycles. The molecule has 1 aromatic rings. The van der Waals surface area contributed by atoms with Crippen molar-refractivity contribution >= 4 is 0 Å². The van der Waals surface area contributed by atoms with Crippen LogP contribution >= 0.6 is 0 Å². The standard InChI is InChI=1S/C11H19F3N4/c1-3-4-18(8-11(12,13)14)7-10(15)9-5-16-17(2)6-9/h5-6,10H,3-4,7-8,15H2,1-2H3. The summed E-state index contributed by atoms with van der Waals surface area (Å²) in [4.78, 5) is 1.33. The second kappa shape index (κ2) is 6.19. The Hall–Kier alpha value is -1.08. The highest BCUT2D eigenvalue weighted by Crippen LogP contribution is 2.19. The lowest BCUT2D eigenvalue weighted by Gasteiger charge is -2.25. The van der Waals surface area contributed by atoms with Gasteiger partial charge in [0.15, 0.2) is 0 Å². The summed E-state index contributed by atoms with van der Waals surface area (Å²) in [6.45, 7) is 1.49. The fraction of sp³-hybridized carbons (Fsp3) is 0.727. The second-order valence-electron chi connectivity index (χ2n) is 4.40. The van der Waals surface area contributed by atoms with Gasteiger partial charge in [0.05, 0.1) is 12.7 Å². The molecule has 1 heterocycles. The van der Waals surface area contributed by atoms with E-state index < -0.39 is 18.8 Å². The number of halogens is 3. The maximum Gasteiger partial charge on any atom is 0.401 e. The van der Waals surface area contributed by atoms with Crippen LogP contribution in [0.25, 0.3) is 0 Å². The number of alkyl halides is 3. The van der Waals surface area contributed by atoms with Crippen molar-refractivity contribution in [3.8, 4) is 0 Å². The predicted octanol–water partition coefficient (Wildman–Crippen LogP) is 1.69. The molecule has 0 aromatic carbocycles.